The minimum atomic E-state index is -7.14. The summed E-state index contributed by atoms with van der Waals surface area (Å²) in [5.41, 5.74) is 0. The third-order valence-electron chi connectivity index (χ3n) is 1.37. The van der Waals surface area contributed by atoms with Crippen molar-refractivity contribution in [3.63, 3.8) is 0 Å². The van der Waals surface area contributed by atoms with Crippen LogP contribution in [0.25, 0.3) is 0 Å². The molecule has 0 rings (SSSR count). The fourth-order valence-corrected chi connectivity index (χ4v) is 0.774. The lowest BCUT2D eigenvalue weighted by atomic mass is 10.1. The first kappa shape index (κ1) is 22.6. The second-order valence-corrected chi connectivity index (χ2v) is 3.88. The number of halogens is 10. The Bertz CT molecular complexity index is 328. The van der Waals surface area contributed by atoms with E-state index in [2.05, 4.69) is 0 Å². The number of hydrogen-bond acceptors (Lipinski definition) is 3. The minimum absolute atomic E-state index is 0.988. The molecule has 0 aliphatic rings. The first-order valence-electron chi connectivity index (χ1n) is 4.30. The van der Waals surface area contributed by atoms with Gasteiger partial charge >= 0.3 is 24.2 Å². The Balaban J connectivity index is 0. The fraction of sp³-hybridized carbons (Fsp3) is 1.00. The molecule has 0 aromatic carbocycles. The maximum Gasteiger partial charge on any atom is 0.460 e. The highest BCUT2D eigenvalue weighted by Crippen LogP contribution is 2.53. The van der Waals surface area contributed by atoms with Gasteiger partial charge < -0.3 is 9.66 Å². The molecule has 0 radical (unpaired) electrons. The van der Waals surface area contributed by atoms with Crippen LogP contribution < -0.4 is 4.72 Å². The summed E-state index contributed by atoms with van der Waals surface area (Å²) in [4.78, 5) is 0. The zero-order valence-electron chi connectivity index (χ0n) is 9.53. The Morgan fingerprint density at radius 1 is 0.905 bits per heavy atom. The molecule has 2 unspecified atom stereocenters. The van der Waals surface area contributed by atoms with E-state index < -0.39 is 41.7 Å². The molecular weight excluding hydrogens is 356 g/mol. The van der Waals surface area contributed by atoms with Crippen LogP contribution in [0.1, 0.15) is 6.92 Å². The molecule has 0 aliphatic carbocycles. The van der Waals surface area contributed by atoms with Crippen LogP contribution >= 0.6 is 0 Å². The van der Waals surface area contributed by atoms with Gasteiger partial charge in [0.05, 0.1) is 0 Å². The number of alkyl halides is 10. The van der Waals surface area contributed by atoms with Gasteiger partial charge in [0.25, 0.3) is 0 Å². The predicted octanol–water partition coefficient (Wildman–Crippen LogP) is 2.09. The van der Waals surface area contributed by atoms with Crippen LogP contribution in [0.4, 0.5) is 43.9 Å². The number of rotatable bonds is 3. The molecular formula is C6H6F10NO3S-. The van der Waals surface area contributed by atoms with Gasteiger partial charge in [-0.1, -0.05) is 0 Å². The monoisotopic (exact) mass is 362 g/mol. The molecule has 0 amide bonds. The van der Waals surface area contributed by atoms with E-state index in [-0.39, 0.29) is 0 Å². The van der Waals surface area contributed by atoms with Crippen molar-refractivity contribution in [2.45, 2.75) is 37.3 Å². The van der Waals surface area contributed by atoms with Gasteiger partial charge in [0.1, 0.15) is 6.23 Å². The average Bonchev–Trinajstić information content (AvgIpc) is 2.11. The molecule has 0 heterocycles. The van der Waals surface area contributed by atoms with Gasteiger partial charge in [-0.25, -0.2) is 4.72 Å². The number of aliphatic hydroxyl groups excluding tert-OH is 1. The summed E-state index contributed by atoms with van der Waals surface area (Å²) in [5.74, 6) is -14.3. The van der Waals surface area contributed by atoms with Crippen LogP contribution in [-0.4, -0.2) is 44.3 Å². The van der Waals surface area contributed by atoms with Crippen LogP contribution in [0.5, 0.6) is 0 Å². The van der Waals surface area contributed by atoms with Crippen molar-refractivity contribution in [2.24, 2.45) is 0 Å². The highest BCUT2D eigenvalue weighted by Gasteiger charge is 2.82. The molecule has 2 N–H and O–H groups in total. The Labute approximate surface area is 112 Å². The maximum atomic E-state index is 11.6. The third-order valence-corrected chi connectivity index (χ3v) is 1.91. The third kappa shape index (κ3) is 6.31. The molecule has 0 aromatic heterocycles. The summed E-state index contributed by atoms with van der Waals surface area (Å²) in [6.45, 7) is 1.32. The largest absolute Gasteiger partial charge is 0.760 e. The summed E-state index contributed by atoms with van der Waals surface area (Å²) in [7, 11) is 0. The van der Waals surface area contributed by atoms with Gasteiger partial charge in [-0.3, -0.25) is 4.21 Å². The lowest BCUT2D eigenvalue weighted by Gasteiger charge is -2.29. The van der Waals surface area contributed by atoms with E-state index in [4.69, 9.17) is 5.11 Å². The Morgan fingerprint density at radius 2 is 1.14 bits per heavy atom. The molecule has 21 heavy (non-hydrogen) atoms. The van der Waals surface area contributed by atoms with Gasteiger partial charge in [0.2, 0.25) is 0 Å². The molecule has 130 valence electrons. The zero-order chi connectivity index (χ0) is 17.9. The number of hydrogen-bond donors (Lipinski definition) is 2. The Kier molecular flexibility index (Phi) is 7.60. The smallest absolute Gasteiger partial charge is 0.460 e. The number of nitrogens with one attached hydrogen (secondary N) is 1. The molecule has 0 saturated heterocycles. The van der Waals surface area contributed by atoms with Gasteiger partial charge in [0, 0.05) is 11.3 Å². The van der Waals surface area contributed by atoms with Gasteiger partial charge in [0.15, 0.2) is 0 Å². The summed E-state index contributed by atoms with van der Waals surface area (Å²) < 4.78 is 134. The summed E-state index contributed by atoms with van der Waals surface area (Å²) >= 11 is -2.35. The van der Waals surface area contributed by atoms with Gasteiger partial charge in [-0.05, 0) is 6.92 Å². The van der Waals surface area contributed by atoms with Crippen molar-refractivity contribution in [3.05, 3.63) is 0 Å². The molecule has 15 heteroatoms. The Morgan fingerprint density at radius 3 is 1.19 bits per heavy atom. The van der Waals surface area contributed by atoms with Crippen LogP contribution in [0, 0.1) is 0 Å². The number of aliphatic hydroxyl groups is 1. The molecule has 0 aromatic rings. The lowest BCUT2D eigenvalue weighted by Crippen LogP contribution is -2.59. The van der Waals surface area contributed by atoms with E-state index in [1.54, 1.807) is 4.72 Å². The first-order chi connectivity index (χ1) is 8.88. The lowest BCUT2D eigenvalue weighted by molar-refractivity contribution is -0.419. The van der Waals surface area contributed by atoms with Crippen molar-refractivity contribution in [3.8, 4) is 0 Å². The average molecular weight is 362 g/mol. The van der Waals surface area contributed by atoms with Crippen LogP contribution in [-0.2, 0) is 11.3 Å². The highest BCUT2D eigenvalue weighted by atomic mass is 32.2. The van der Waals surface area contributed by atoms with Crippen molar-refractivity contribution < 1.29 is 57.8 Å². The summed E-state index contributed by atoms with van der Waals surface area (Å²) in [6, 6.07) is 0. The van der Waals surface area contributed by atoms with Gasteiger partial charge in [-0.2, -0.15) is 43.9 Å². The zero-order valence-corrected chi connectivity index (χ0v) is 10.3. The van der Waals surface area contributed by atoms with E-state index in [9.17, 15) is 52.7 Å². The second-order valence-electron chi connectivity index (χ2n) is 3.17. The SMILES string of the molecule is CC(O)NS(=O)[O-].FC(F)(F)C(F)(F)C(F)(F)C(F)(F)F. The standard InChI is InChI=1S/C4F10.C2H7NO3S/c5-1(6,3(9,10)11)2(7,8)4(12,13)14;1-2(4)3-7(5)6/h;2-4H,1H3,(H,5,6)/p-1. The molecule has 2 atom stereocenters. The van der Waals surface area contributed by atoms with Crippen molar-refractivity contribution >= 4 is 11.3 Å². The molecule has 0 aliphatic heterocycles. The van der Waals surface area contributed by atoms with E-state index >= 15 is 0 Å². The molecule has 0 fully saturated rings. The minimum Gasteiger partial charge on any atom is -0.760 e. The fourth-order valence-electron chi connectivity index (χ4n) is 0.495. The van der Waals surface area contributed by atoms with Crippen molar-refractivity contribution in [2.75, 3.05) is 0 Å². The highest BCUT2D eigenvalue weighted by molar-refractivity contribution is 7.77. The van der Waals surface area contributed by atoms with E-state index in [0.717, 1.165) is 0 Å². The van der Waals surface area contributed by atoms with E-state index in [1.165, 1.54) is 6.92 Å². The maximum absolute atomic E-state index is 11.6. The van der Waals surface area contributed by atoms with Crippen LogP contribution in [0.2, 0.25) is 0 Å². The summed E-state index contributed by atoms with van der Waals surface area (Å²) in [6.07, 6.45) is -14.9. The predicted molar refractivity (Wildman–Crippen MR) is 45.7 cm³/mol. The van der Waals surface area contributed by atoms with Crippen LogP contribution in [0.15, 0.2) is 0 Å². The Hall–Kier alpha value is -0.670. The van der Waals surface area contributed by atoms with E-state index in [0.29, 0.717) is 0 Å². The summed E-state index contributed by atoms with van der Waals surface area (Å²) in [5, 5.41) is 8.22. The quantitative estimate of drug-likeness (QED) is 0.459. The van der Waals surface area contributed by atoms with Gasteiger partial charge in [-0.15, -0.1) is 0 Å². The van der Waals surface area contributed by atoms with Crippen molar-refractivity contribution in [1.82, 2.24) is 4.72 Å². The first-order valence-corrected chi connectivity index (χ1v) is 5.38. The second kappa shape index (κ2) is 7.06. The van der Waals surface area contributed by atoms with Crippen LogP contribution in [0.3, 0.4) is 0 Å². The normalized spacial score (nSPS) is 16.8. The molecule has 0 spiro atoms. The van der Waals surface area contributed by atoms with Crippen molar-refractivity contribution in [1.29, 1.82) is 0 Å². The van der Waals surface area contributed by atoms with E-state index in [1.807, 2.05) is 0 Å². The molecule has 0 saturated carbocycles. The molecule has 4 nitrogen and oxygen atoms in total. The molecule has 0 bridgehead atoms. The topological polar surface area (TPSA) is 72.4 Å².